The number of benzene rings is 2. The molecular formula is C25H20N6O4. The number of hydrogen-bond donors (Lipinski definition) is 2. The van der Waals surface area contributed by atoms with Crippen molar-refractivity contribution >= 4 is 40.7 Å². The number of aromatic nitrogens is 4. The maximum absolute atomic E-state index is 11.9. The second-order valence-corrected chi connectivity index (χ2v) is 7.79. The molecule has 0 unspecified atom stereocenters. The Balaban J connectivity index is 1.40. The minimum absolute atomic E-state index is 0.161. The molecule has 0 aliphatic rings. The summed E-state index contributed by atoms with van der Waals surface area (Å²) in [6.45, 7) is 4.07. The molecule has 5 aromatic rings. The minimum Gasteiger partial charge on any atom is -0.405 e. The predicted molar refractivity (Wildman–Crippen MR) is 131 cm³/mol. The lowest BCUT2D eigenvalue weighted by molar-refractivity contribution is -0.129. The summed E-state index contributed by atoms with van der Waals surface area (Å²) in [6, 6.07) is 14.9. The number of nitrogens with zero attached hydrogens (tertiary/aromatic N) is 4. The monoisotopic (exact) mass is 468 g/mol. The van der Waals surface area contributed by atoms with E-state index in [1.807, 2.05) is 50.4 Å². The maximum atomic E-state index is 11.9. The third-order valence-electron chi connectivity index (χ3n) is 5.38. The number of rotatable bonds is 7. The van der Waals surface area contributed by atoms with Gasteiger partial charge in [-0.15, -0.1) is 0 Å². The molecule has 2 aromatic carbocycles. The van der Waals surface area contributed by atoms with Crippen LogP contribution >= 0.6 is 0 Å². The fourth-order valence-electron chi connectivity index (χ4n) is 3.70. The van der Waals surface area contributed by atoms with E-state index >= 15 is 0 Å². The van der Waals surface area contributed by atoms with E-state index in [1.54, 1.807) is 30.6 Å². The number of carbonyl (C=O) groups excluding carboxylic acids is 1. The second-order valence-electron chi connectivity index (χ2n) is 7.79. The minimum atomic E-state index is -0.793. The van der Waals surface area contributed by atoms with Gasteiger partial charge in [-0.2, -0.15) is 4.98 Å². The zero-order valence-corrected chi connectivity index (χ0v) is 18.9. The third kappa shape index (κ3) is 4.44. The highest BCUT2D eigenvalue weighted by Crippen LogP contribution is 2.27. The Morgan fingerprint density at radius 1 is 1.00 bits per heavy atom. The Morgan fingerprint density at radius 3 is 2.60 bits per heavy atom. The second kappa shape index (κ2) is 9.10. The zero-order valence-electron chi connectivity index (χ0n) is 18.9. The third-order valence-corrected chi connectivity index (χ3v) is 5.38. The molecule has 35 heavy (non-hydrogen) atoms. The number of anilines is 4. The molecular weight excluding hydrogens is 448 g/mol. The van der Waals surface area contributed by atoms with Crippen molar-refractivity contribution < 1.29 is 14.0 Å². The molecule has 0 saturated heterocycles. The number of aryl methyl sites for hydroxylation is 2. The van der Waals surface area contributed by atoms with Crippen molar-refractivity contribution in [2.75, 3.05) is 10.6 Å². The van der Waals surface area contributed by atoms with Gasteiger partial charge in [0, 0.05) is 41.1 Å². The van der Waals surface area contributed by atoms with Gasteiger partial charge in [-0.25, -0.2) is 9.78 Å². The first kappa shape index (κ1) is 21.8. The summed E-state index contributed by atoms with van der Waals surface area (Å²) in [4.78, 5) is 40.5. The van der Waals surface area contributed by atoms with Gasteiger partial charge in [-0.05, 0) is 61.4 Å². The molecule has 2 N–H and O–H groups in total. The average molecular weight is 468 g/mol. The van der Waals surface area contributed by atoms with Crippen LogP contribution in [0, 0.1) is 13.8 Å². The molecule has 3 aromatic heterocycles. The van der Waals surface area contributed by atoms with Gasteiger partial charge in [0.2, 0.25) is 5.95 Å². The molecule has 174 valence electrons. The Bertz CT molecular complexity index is 1590. The van der Waals surface area contributed by atoms with Gasteiger partial charge < -0.3 is 19.9 Å². The number of carbonyl (C=O) groups is 1. The van der Waals surface area contributed by atoms with Crippen molar-refractivity contribution in [1.29, 1.82) is 0 Å². The number of nitrogens with one attached hydrogen (secondary N) is 2. The SMILES string of the molecule is Cc1cc(Nc2ncc(C)c(Nc3ccc4oc(=O)n(OC=O)c4c3)n2)ccc1-c1cccnc1. The summed E-state index contributed by atoms with van der Waals surface area (Å²) in [5.74, 6) is 0.190. The first-order valence-electron chi connectivity index (χ1n) is 10.7. The lowest BCUT2D eigenvalue weighted by Crippen LogP contribution is -2.21. The summed E-state index contributed by atoms with van der Waals surface area (Å²) in [6.07, 6.45) is 5.29. The first-order chi connectivity index (χ1) is 17.0. The molecule has 0 fully saturated rings. The van der Waals surface area contributed by atoms with Crippen molar-refractivity contribution in [2.45, 2.75) is 13.8 Å². The molecule has 0 aliphatic heterocycles. The Labute approximate surface area is 199 Å². The Morgan fingerprint density at radius 2 is 1.83 bits per heavy atom. The summed E-state index contributed by atoms with van der Waals surface area (Å²) in [5, 5.41) is 6.45. The van der Waals surface area contributed by atoms with Crippen LogP contribution in [0.4, 0.5) is 23.1 Å². The normalized spacial score (nSPS) is 10.8. The molecule has 0 amide bonds. The Hall–Kier alpha value is -4.99. The lowest BCUT2D eigenvalue weighted by atomic mass is 10.0. The summed E-state index contributed by atoms with van der Waals surface area (Å²) in [7, 11) is 0. The average Bonchev–Trinajstić information content (AvgIpc) is 3.16. The van der Waals surface area contributed by atoms with Crippen LogP contribution in [0.1, 0.15) is 11.1 Å². The van der Waals surface area contributed by atoms with E-state index in [-0.39, 0.29) is 12.1 Å². The highest BCUT2D eigenvalue weighted by molar-refractivity contribution is 5.79. The van der Waals surface area contributed by atoms with E-state index < -0.39 is 5.76 Å². The maximum Gasteiger partial charge on any atom is 0.453 e. The van der Waals surface area contributed by atoms with Gasteiger partial charge in [-0.1, -0.05) is 16.9 Å². The van der Waals surface area contributed by atoms with E-state index in [0.29, 0.717) is 23.0 Å². The smallest absolute Gasteiger partial charge is 0.405 e. The molecule has 0 spiro atoms. The van der Waals surface area contributed by atoms with Gasteiger partial charge in [0.1, 0.15) is 11.3 Å². The number of oxazole rings is 1. The van der Waals surface area contributed by atoms with E-state index in [1.165, 1.54) is 0 Å². The molecule has 3 heterocycles. The van der Waals surface area contributed by atoms with E-state index in [2.05, 4.69) is 25.6 Å². The van der Waals surface area contributed by atoms with Gasteiger partial charge in [0.15, 0.2) is 5.58 Å². The lowest BCUT2D eigenvalue weighted by Gasteiger charge is -2.12. The fraction of sp³-hybridized carbons (Fsp3) is 0.0800. The topological polar surface area (TPSA) is 124 Å². The van der Waals surface area contributed by atoms with Crippen LogP contribution in [0.5, 0.6) is 0 Å². The molecule has 5 rings (SSSR count). The molecule has 0 radical (unpaired) electrons. The number of hydrogen-bond acceptors (Lipinski definition) is 9. The van der Waals surface area contributed by atoms with Crippen LogP contribution in [0.25, 0.3) is 22.2 Å². The van der Waals surface area contributed by atoms with Crippen LogP contribution in [0.3, 0.4) is 0 Å². The summed E-state index contributed by atoms with van der Waals surface area (Å²) < 4.78 is 5.85. The summed E-state index contributed by atoms with van der Waals surface area (Å²) in [5.41, 5.74) is 6.11. The summed E-state index contributed by atoms with van der Waals surface area (Å²) >= 11 is 0. The van der Waals surface area contributed by atoms with Gasteiger partial charge in [0.25, 0.3) is 0 Å². The van der Waals surface area contributed by atoms with Crippen molar-refractivity contribution in [3.63, 3.8) is 0 Å². The largest absolute Gasteiger partial charge is 0.453 e. The zero-order chi connectivity index (χ0) is 24.4. The van der Waals surface area contributed by atoms with Gasteiger partial charge >= 0.3 is 12.2 Å². The quantitative estimate of drug-likeness (QED) is 0.339. The van der Waals surface area contributed by atoms with Gasteiger partial charge in [-0.3, -0.25) is 9.78 Å². The Kier molecular flexibility index (Phi) is 5.68. The van der Waals surface area contributed by atoms with Gasteiger partial charge in [0.05, 0.1) is 0 Å². The highest BCUT2D eigenvalue weighted by atomic mass is 16.7. The number of fused-ring (bicyclic) bond motifs is 1. The van der Waals surface area contributed by atoms with Crippen LogP contribution in [-0.4, -0.2) is 26.2 Å². The predicted octanol–water partition coefficient (Wildman–Crippen LogP) is 4.14. The van der Waals surface area contributed by atoms with E-state index in [0.717, 1.165) is 32.7 Å². The van der Waals surface area contributed by atoms with Crippen molar-refractivity contribution in [3.05, 3.63) is 88.8 Å². The van der Waals surface area contributed by atoms with Crippen molar-refractivity contribution in [3.8, 4) is 11.1 Å². The van der Waals surface area contributed by atoms with Crippen molar-refractivity contribution in [2.24, 2.45) is 0 Å². The molecule has 0 aliphatic carbocycles. The molecule has 10 nitrogen and oxygen atoms in total. The van der Waals surface area contributed by atoms with Crippen LogP contribution in [0.2, 0.25) is 0 Å². The first-order valence-corrected chi connectivity index (χ1v) is 10.7. The van der Waals surface area contributed by atoms with Crippen LogP contribution in [-0.2, 0) is 4.79 Å². The number of pyridine rings is 1. The van der Waals surface area contributed by atoms with E-state index in [4.69, 9.17) is 9.25 Å². The van der Waals surface area contributed by atoms with Crippen molar-refractivity contribution in [1.82, 2.24) is 19.7 Å². The van der Waals surface area contributed by atoms with E-state index in [9.17, 15) is 9.59 Å². The molecule has 0 atom stereocenters. The standard InChI is InChI=1S/C25H20N6O4/c1-15-10-18(5-7-20(15)17-4-3-9-26-13-17)29-24-27-12-16(2)23(30-24)28-19-6-8-22-21(11-19)31(34-14-32)25(33)35-22/h3-14H,1-2H3,(H2,27,28,29,30). The highest BCUT2D eigenvalue weighted by Gasteiger charge is 2.13. The van der Waals surface area contributed by atoms with Crippen LogP contribution in [0.15, 0.2) is 76.3 Å². The van der Waals surface area contributed by atoms with Crippen LogP contribution < -0.4 is 21.2 Å². The fourth-order valence-corrected chi connectivity index (χ4v) is 3.70. The molecule has 10 heteroatoms. The molecule has 0 bridgehead atoms. The molecule has 0 saturated carbocycles.